The molecule has 1 heterocycles. The molecular weight excluding hydrogens is 204 g/mol. The van der Waals surface area contributed by atoms with Crippen LogP contribution in [0.4, 0.5) is 11.5 Å². The van der Waals surface area contributed by atoms with Gasteiger partial charge < -0.3 is 11.1 Å². The lowest BCUT2D eigenvalue weighted by molar-refractivity contribution is -0.115. The van der Waals surface area contributed by atoms with E-state index < -0.39 is 0 Å². The summed E-state index contributed by atoms with van der Waals surface area (Å²) in [6.45, 7) is 0. The van der Waals surface area contributed by atoms with Gasteiger partial charge in [-0.3, -0.25) is 9.89 Å². The van der Waals surface area contributed by atoms with Crippen LogP contribution in [0.5, 0.6) is 0 Å². The summed E-state index contributed by atoms with van der Waals surface area (Å²) in [6, 6.07) is 8.96. The molecule has 0 fully saturated rings. The first-order chi connectivity index (χ1) is 7.74. The van der Waals surface area contributed by atoms with Gasteiger partial charge in [0.1, 0.15) is 5.82 Å². The smallest absolute Gasteiger partial charge is 0.229 e. The van der Waals surface area contributed by atoms with Crippen molar-refractivity contribution in [1.82, 2.24) is 10.2 Å². The number of hydrogen-bond acceptors (Lipinski definition) is 3. The monoisotopic (exact) mass is 216 g/mol. The lowest BCUT2D eigenvalue weighted by Gasteiger charge is -2.03. The minimum atomic E-state index is -0.102. The maximum atomic E-state index is 11.6. The van der Waals surface area contributed by atoms with Crippen LogP contribution >= 0.6 is 0 Å². The van der Waals surface area contributed by atoms with Gasteiger partial charge in [-0.25, -0.2) is 0 Å². The van der Waals surface area contributed by atoms with Gasteiger partial charge in [-0.1, -0.05) is 12.1 Å². The second-order valence-electron chi connectivity index (χ2n) is 3.44. The van der Waals surface area contributed by atoms with Crippen molar-refractivity contribution in [3.05, 3.63) is 42.1 Å². The Morgan fingerprint density at radius 3 is 3.00 bits per heavy atom. The first-order valence-electron chi connectivity index (χ1n) is 4.88. The Hall–Kier alpha value is -2.30. The number of nitrogens with two attached hydrogens (primary N) is 1. The zero-order valence-corrected chi connectivity index (χ0v) is 8.60. The topological polar surface area (TPSA) is 83.8 Å². The van der Waals surface area contributed by atoms with Gasteiger partial charge in [-0.2, -0.15) is 5.10 Å². The Morgan fingerprint density at radius 1 is 1.44 bits per heavy atom. The SMILES string of the molecule is Nc1cccc(CC(=O)Nc2ccn[nH]2)c1. The quantitative estimate of drug-likeness (QED) is 0.673. The molecule has 0 aliphatic heterocycles. The molecule has 5 nitrogen and oxygen atoms in total. The molecule has 2 rings (SSSR count). The van der Waals surface area contributed by atoms with E-state index in [0.717, 1.165) is 5.56 Å². The molecule has 5 heteroatoms. The Morgan fingerprint density at radius 2 is 2.31 bits per heavy atom. The average molecular weight is 216 g/mol. The van der Waals surface area contributed by atoms with E-state index in [1.807, 2.05) is 12.1 Å². The second kappa shape index (κ2) is 4.48. The minimum Gasteiger partial charge on any atom is -0.399 e. The lowest BCUT2D eigenvalue weighted by Crippen LogP contribution is -2.14. The molecule has 82 valence electrons. The molecule has 1 aromatic heterocycles. The fourth-order valence-corrected chi connectivity index (χ4v) is 1.41. The summed E-state index contributed by atoms with van der Waals surface area (Å²) in [6.07, 6.45) is 1.88. The van der Waals surface area contributed by atoms with Crippen molar-refractivity contribution in [1.29, 1.82) is 0 Å². The first-order valence-corrected chi connectivity index (χ1v) is 4.88. The predicted octanol–water partition coefficient (Wildman–Crippen LogP) is 1.17. The number of nitrogens with one attached hydrogen (secondary N) is 2. The van der Waals surface area contributed by atoms with Gasteiger partial charge in [-0.05, 0) is 17.7 Å². The summed E-state index contributed by atoms with van der Waals surface area (Å²) in [5, 5.41) is 9.09. The van der Waals surface area contributed by atoms with Crippen LogP contribution in [0.3, 0.4) is 0 Å². The molecule has 0 aliphatic rings. The van der Waals surface area contributed by atoms with E-state index >= 15 is 0 Å². The van der Waals surface area contributed by atoms with E-state index in [0.29, 0.717) is 17.9 Å². The highest BCUT2D eigenvalue weighted by Gasteiger charge is 2.04. The van der Waals surface area contributed by atoms with E-state index in [1.165, 1.54) is 0 Å². The summed E-state index contributed by atoms with van der Waals surface area (Å²) < 4.78 is 0. The third-order valence-electron chi connectivity index (χ3n) is 2.09. The van der Waals surface area contributed by atoms with Gasteiger partial charge in [0.15, 0.2) is 0 Å². The third kappa shape index (κ3) is 2.60. The zero-order chi connectivity index (χ0) is 11.4. The van der Waals surface area contributed by atoms with Crippen LogP contribution in [0.15, 0.2) is 36.5 Å². The van der Waals surface area contributed by atoms with Crippen LogP contribution in [0.25, 0.3) is 0 Å². The van der Waals surface area contributed by atoms with E-state index in [-0.39, 0.29) is 5.91 Å². The summed E-state index contributed by atoms with van der Waals surface area (Å²) >= 11 is 0. The molecule has 0 unspecified atom stereocenters. The summed E-state index contributed by atoms with van der Waals surface area (Å²) in [5.74, 6) is 0.490. The normalized spacial score (nSPS) is 10.0. The summed E-state index contributed by atoms with van der Waals surface area (Å²) in [7, 11) is 0. The van der Waals surface area contributed by atoms with Crippen molar-refractivity contribution in [2.24, 2.45) is 0 Å². The minimum absolute atomic E-state index is 0.102. The Labute approximate surface area is 92.7 Å². The number of nitrogens with zero attached hydrogens (tertiary/aromatic N) is 1. The molecule has 0 spiro atoms. The Bertz CT molecular complexity index is 478. The molecular formula is C11H12N4O. The number of aromatic amines is 1. The van der Waals surface area contributed by atoms with Crippen molar-refractivity contribution in [2.75, 3.05) is 11.1 Å². The van der Waals surface area contributed by atoms with Gasteiger partial charge in [0.25, 0.3) is 0 Å². The molecule has 0 atom stereocenters. The van der Waals surface area contributed by atoms with Gasteiger partial charge in [0, 0.05) is 11.8 Å². The fraction of sp³-hybridized carbons (Fsp3) is 0.0909. The first kappa shape index (κ1) is 10.2. The third-order valence-corrected chi connectivity index (χ3v) is 2.09. The molecule has 4 N–H and O–H groups in total. The molecule has 2 aromatic rings. The van der Waals surface area contributed by atoms with E-state index in [2.05, 4.69) is 15.5 Å². The maximum absolute atomic E-state index is 11.6. The number of H-pyrrole nitrogens is 1. The standard InChI is InChI=1S/C11H12N4O/c12-9-3-1-2-8(6-9)7-11(16)14-10-4-5-13-15-10/h1-6H,7,12H2,(H2,13,14,15,16). The van der Waals surface area contributed by atoms with Gasteiger partial charge in [-0.15, -0.1) is 0 Å². The molecule has 0 bridgehead atoms. The van der Waals surface area contributed by atoms with Crippen LogP contribution in [0.2, 0.25) is 0 Å². The van der Waals surface area contributed by atoms with E-state index in [4.69, 9.17) is 5.73 Å². The number of anilines is 2. The summed E-state index contributed by atoms with van der Waals surface area (Å²) in [4.78, 5) is 11.6. The van der Waals surface area contributed by atoms with Gasteiger partial charge in [0.2, 0.25) is 5.91 Å². The van der Waals surface area contributed by atoms with Gasteiger partial charge in [0.05, 0.1) is 12.6 Å². The molecule has 0 saturated carbocycles. The molecule has 0 aliphatic carbocycles. The Balaban J connectivity index is 1.97. The fourth-order valence-electron chi connectivity index (χ4n) is 1.41. The molecule has 0 radical (unpaired) electrons. The number of hydrogen-bond donors (Lipinski definition) is 3. The lowest BCUT2D eigenvalue weighted by atomic mass is 10.1. The number of nitrogen functional groups attached to an aromatic ring is 1. The van der Waals surface area contributed by atoms with Crippen molar-refractivity contribution in [3.8, 4) is 0 Å². The van der Waals surface area contributed by atoms with E-state index in [1.54, 1.807) is 24.4 Å². The van der Waals surface area contributed by atoms with Crippen molar-refractivity contribution >= 4 is 17.4 Å². The van der Waals surface area contributed by atoms with Crippen LogP contribution < -0.4 is 11.1 Å². The molecule has 16 heavy (non-hydrogen) atoms. The number of benzene rings is 1. The van der Waals surface area contributed by atoms with E-state index in [9.17, 15) is 4.79 Å². The molecule has 0 saturated heterocycles. The zero-order valence-electron chi connectivity index (χ0n) is 8.60. The highest BCUT2D eigenvalue weighted by atomic mass is 16.1. The van der Waals surface area contributed by atoms with Crippen LogP contribution in [0.1, 0.15) is 5.56 Å². The predicted molar refractivity (Wildman–Crippen MR) is 61.8 cm³/mol. The number of carbonyl (C=O) groups is 1. The van der Waals surface area contributed by atoms with Crippen LogP contribution in [-0.4, -0.2) is 16.1 Å². The number of carbonyl (C=O) groups excluding carboxylic acids is 1. The maximum Gasteiger partial charge on any atom is 0.229 e. The largest absolute Gasteiger partial charge is 0.399 e. The second-order valence-corrected chi connectivity index (χ2v) is 3.44. The number of aromatic nitrogens is 2. The van der Waals surface area contributed by atoms with Crippen molar-refractivity contribution in [3.63, 3.8) is 0 Å². The number of rotatable bonds is 3. The average Bonchev–Trinajstić information content (AvgIpc) is 2.70. The Kier molecular flexibility index (Phi) is 2.86. The summed E-state index contributed by atoms with van der Waals surface area (Å²) in [5.41, 5.74) is 7.17. The highest BCUT2D eigenvalue weighted by Crippen LogP contribution is 2.08. The van der Waals surface area contributed by atoms with Crippen molar-refractivity contribution < 1.29 is 4.79 Å². The van der Waals surface area contributed by atoms with Crippen LogP contribution in [0, 0.1) is 0 Å². The van der Waals surface area contributed by atoms with Crippen LogP contribution in [-0.2, 0) is 11.2 Å². The highest BCUT2D eigenvalue weighted by molar-refractivity contribution is 5.91. The number of amides is 1. The van der Waals surface area contributed by atoms with Crippen molar-refractivity contribution in [2.45, 2.75) is 6.42 Å². The molecule has 1 aromatic carbocycles. The van der Waals surface area contributed by atoms with Gasteiger partial charge >= 0.3 is 0 Å². The molecule has 1 amide bonds.